The van der Waals surface area contributed by atoms with Crippen molar-refractivity contribution in [3.63, 3.8) is 0 Å². The molecule has 0 radical (unpaired) electrons. The van der Waals surface area contributed by atoms with Crippen LogP contribution in [0.4, 0.5) is 0 Å². The van der Waals surface area contributed by atoms with Crippen LogP contribution in [0.3, 0.4) is 0 Å². The first-order chi connectivity index (χ1) is 6.45. The maximum Gasteiger partial charge on any atom is 0.115 e. The van der Waals surface area contributed by atoms with Gasteiger partial charge in [0.2, 0.25) is 0 Å². The Morgan fingerprint density at radius 3 is 1.36 bits per heavy atom. The van der Waals surface area contributed by atoms with Crippen molar-refractivity contribution >= 4 is 0 Å². The summed E-state index contributed by atoms with van der Waals surface area (Å²) in [5, 5.41) is 17.8. The molecule has 0 rings (SSSR count). The molecular weight excluding hydrogens is 176 g/mol. The van der Waals surface area contributed by atoms with Gasteiger partial charge in [0.1, 0.15) is 11.1 Å². The summed E-state index contributed by atoms with van der Waals surface area (Å²) in [5.74, 6) is 0. The second-order valence-electron chi connectivity index (χ2n) is 3.84. The molecule has 0 fully saturated rings. The van der Waals surface area contributed by atoms with Crippen molar-refractivity contribution in [3.05, 3.63) is 0 Å². The van der Waals surface area contributed by atoms with Crippen LogP contribution in [0.15, 0.2) is 0 Å². The fourth-order valence-electron chi connectivity index (χ4n) is 0.667. The first-order valence-electron chi connectivity index (χ1n) is 4.82. The molecule has 2 N–H and O–H groups in total. The first kappa shape index (κ1) is 12.9. The van der Waals surface area contributed by atoms with Gasteiger partial charge in [-0.1, -0.05) is 13.8 Å². The Labute approximate surface area is 85.9 Å². The number of hydrogen-bond acceptors (Lipinski definition) is 4. The van der Waals surface area contributed by atoms with E-state index >= 15 is 0 Å². The van der Waals surface area contributed by atoms with Crippen LogP contribution in [0.2, 0.25) is 0 Å². The van der Waals surface area contributed by atoms with E-state index < -0.39 is 11.1 Å². The Balaban J connectivity index is 4.32. The largest absolute Gasteiger partial charge is 0.236 e. The average Bonchev–Trinajstić information content (AvgIpc) is 2.25. The van der Waals surface area contributed by atoms with Gasteiger partial charge < -0.3 is 0 Å². The summed E-state index contributed by atoms with van der Waals surface area (Å²) >= 11 is 0. The summed E-state index contributed by atoms with van der Waals surface area (Å²) in [6.45, 7) is 7.45. The number of nitrogens with one attached hydrogen (secondary N) is 2. The van der Waals surface area contributed by atoms with Crippen LogP contribution in [-0.2, 0) is 0 Å². The summed E-state index contributed by atoms with van der Waals surface area (Å²) in [6.07, 6.45) is 1.36. The number of hydrogen-bond donors (Lipinski definition) is 2. The summed E-state index contributed by atoms with van der Waals surface area (Å²) in [6, 6.07) is 4.33. The van der Waals surface area contributed by atoms with E-state index in [1.54, 1.807) is 13.8 Å². The molecule has 2 atom stereocenters. The van der Waals surface area contributed by atoms with Crippen LogP contribution < -0.4 is 10.9 Å². The van der Waals surface area contributed by atoms with Gasteiger partial charge in [-0.25, -0.2) is 10.9 Å². The minimum absolute atomic E-state index is 0.618. The number of nitrogens with zero attached hydrogens (tertiary/aromatic N) is 2. The van der Waals surface area contributed by atoms with E-state index in [9.17, 15) is 0 Å². The van der Waals surface area contributed by atoms with Crippen LogP contribution in [0.25, 0.3) is 0 Å². The molecule has 0 amide bonds. The predicted octanol–water partition coefficient (Wildman–Crippen LogP) is 1.47. The van der Waals surface area contributed by atoms with Gasteiger partial charge in [0.05, 0.1) is 12.1 Å². The minimum atomic E-state index is -0.618. The lowest BCUT2D eigenvalue weighted by molar-refractivity contribution is 0.288. The lowest BCUT2D eigenvalue weighted by Crippen LogP contribution is -2.57. The zero-order chi connectivity index (χ0) is 11.2. The minimum Gasteiger partial charge on any atom is -0.236 e. The molecule has 0 aromatic carbocycles. The highest BCUT2D eigenvalue weighted by molar-refractivity contribution is 5.06. The molecule has 0 spiro atoms. The van der Waals surface area contributed by atoms with Crippen molar-refractivity contribution in [1.29, 1.82) is 10.5 Å². The van der Waals surface area contributed by atoms with E-state index in [0.29, 0.717) is 12.8 Å². The van der Waals surface area contributed by atoms with E-state index in [-0.39, 0.29) is 0 Å². The molecule has 0 aliphatic rings. The van der Waals surface area contributed by atoms with Crippen molar-refractivity contribution in [1.82, 2.24) is 10.9 Å². The molecule has 0 aromatic heterocycles. The molecule has 4 heteroatoms. The van der Waals surface area contributed by atoms with Crippen molar-refractivity contribution in [2.75, 3.05) is 0 Å². The molecule has 0 saturated heterocycles. The van der Waals surface area contributed by atoms with E-state index in [1.807, 2.05) is 13.8 Å². The number of nitriles is 2. The van der Waals surface area contributed by atoms with Gasteiger partial charge in [0, 0.05) is 0 Å². The third-order valence-corrected chi connectivity index (χ3v) is 2.52. The molecule has 14 heavy (non-hydrogen) atoms. The van der Waals surface area contributed by atoms with Crippen LogP contribution in [-0.4, -0.2) is 11.1 Å². The van der Waals surface area contributed by atoms with Gasteiger partial charge >= 0.3 is 0 Å². The quantitative estimate of drug-likeness (QED) is 0.650. The third-order valence-electron chi connectivity index (χ3n) is 2.52. The van der Waals surface area contributed by atoms with E-state index in [1.165, 1.54) is 0 Å². The zero-order valence-corrected chi connectivity index (χ0v) is 9.31. The average molecular weight is 194 g/mol. The SMILES string of the molecule is CCC(C)(C#N)NNC(C)(C#N)CC. The van der Waals surface area contributed by atoms with Gasteiger partial charge in [-0.15, -0.1) is 0 Å². The fraction of sp³-hybridized carbons (Fsp3) is 0.800. The topological polar surface area (TPSA) is 71.6 Å². The summed E-state index contributed by atoms with van der Waals surface area (Å²) in [5.41, 5.74) is 4.57. The standard InChI is InChI=1S/C10H18N4/c1-5-9(3,7-11)13-14-10(4,6-2)8-12/h13-14H,5-6H2,1-4H3. The third kappa shape index (κ3) is 3.33. The highest BCUT2D eigenvalue weighted by atomic mass is 15.4. The Kier molecular flexibility index (Phi) is 4.56. The Morgan fingerprint density at radius 1 is 0.929 bits per heavy atom. The normalized spacial score (nSPS) is 18.7. The zero-order valence-electron chi connectivity index (χ0n) is 9.31. The van der Waals surface area contributed by atoms with Gasteiger partial charge in [-0.2, -0.15) is 10.5 Å². The molecule has 78 valence electrons. The molecule has 0 heterocycles. The van der Waals surface area contributed by atoms with Crippen LogP contribution in [0.1, 0.15) is 40.5 Å². The number of rotatable bonds is 5. The maximum atomic E-state index is 8.89. The monoisotopic (exact) mass is 194 g/mol. The van der Waals surface area contributed by atoms with E-state index in [0.717, 1.165) is 0 Å². The molecule has 0 saturated carbocycles. The lowest BCUT2D eigenvalue weighted by atomic mass is 10.0. The van der Waals surface area contributed by atoms with E-state index in [2.05, 4.69) is 23.0 Å². The van der Waals surface area contributed by atoms with Crippen molar-refractivity contribution in [2.24, 2.45) is 0 Å². The highest BCUT2D eigenvalue weighted by Crippen LogP contribution is 2.09. The second kappa shape index (κ2) is 4.95. The van der Waals surface area contributed by atoms with Gasteiger partial charge in [-0.05, 0) is 26.7 Å². The van der Waals surface area contributed by atoms with E-state index in [4.69, 9.17) is 10.5 Å². The van der Waals surface area contributed by atoms with Crippen molar-refractivity contribution < 1.29 is 0 Å². The first-order valence-corrected chi connectivity index (χ1v) is 4.82. The smallest absolute Gasteiger partial charge is 0.115 e. The van der Waals surface area contributed by atoms with Gasteiger partial charge in [0.25, 0.3) is 0 Å². The van der Waals surface area contributed by atoms with Crippen molar-refractivity contribution in [3.8, 4) is 12.1 Å². The van der Waals surface area contributed by atoms with Crippen LogP contribution in [0, 0.1) is 22.7 Å². The molecule has 4 nitrogen and oxygen atoms in total. The summed E-state index contributed by atoms with van der Waals surface area (Å²) in [7, 11) is 0. The molecular formula is C10H18N4. The molecule has 0 aliphatic heterocycles. The summed E-state index contributed by atoms with van der Waals surface area (Å²) in [4.78, 5) is 0. The Morgan fingerprint density at radius 2 is 1.21 bits per heavy atom. The van der Waals surface area contributed by atoms with Crippen molar-refractivity contribution in [2.45, 2.75) is 51.6 Å². The molecule has 0 aliphatic carbocycles. The molecule has 2 unspecified atom stereocenters. The Hall–Kier alpha value is -1.10. The molecule has 0 bridgehead atoms. The Bertz CT molecular complexity index is 234. The van der Waals surface area contributed by atoms with Crippen LogP contribution in [0.5, 0.6) is 0 Å². The maximum absolute atomic E-state index is 8.89. The van der Waals surface area contributed by atoms with Gasteiger partial charge in [-0.3, -0.25) is 0 Å². The highest BCUT2D eigenvalue weighted by Gasteiger charge is 2.26. The predicted molar refractivity (Wildman–Crippen MR) is 54.9 cm³/mol. The molecule has 0 aromatic rings. The van der Waals surface area contributed by atoms with Gasteiger partial charge in [0.15, 0.2) is 0 Å². The number of hydrazine groups is 1. The second-order valence-corrected chi connectivity index (χ2v) is 3.84. The summed E-state index contributed by atoms with van der Waals surface area (Å²) < 4.78 is 0. The lowest BCUT2D eigenvalue weighted by Gasteiger charge is -2.28. The fourth-order valence-corrected chi connectivity index (χ4v) is 0.667. The van der Waals surface area contributed by atoms with Crippen LogP contribution >= 0.6 is 0 Å².